The Morgan fingerprint density at radius 3 is 2.38 bits per heavy atom. The second-order valence-electron chi connectivity index (χ2n) is 5.56. The van der Waals surface area contributed by atoms with Gasteiger partial charge in [-0.3, -0.25) is 0 Å². The molecule has 1 aliphatic heterocycles. The fourth-order valence-corrected chi connectivity index (χ4v) is 2.91. The van der Waals surface area contributed by atoms with Crippen molar-refractivity contribution in [3.63, 3.8) is 0 Å². The van der Waals surface area contributed by atoms with Crippen molar-refractivity contribution in [1.82, 2.24) is 0 Å². The van der Waals surface area contributed by atoms with E-state index in [1.54, 1.807) is 0 Å². The van der Waals surface area contributed by atoms with Crippen molar-refractivity contribution in [3.8, 4) is 0 Å². The lowest BCUT2D eigenvalue weighted by atomic mass is 9.99. The predicted molar refractivity (Wildman–Crippen MR) is 87.2 cm³/mol. The van der Waals surface area contributed by atoms with Gasteiger partial charge in [0.25, 0.3) is 0 Å². The second kappa shape index (κ2) is 6.77. The summed E-state index contributed by atoms with van der Waals surface area (Å²) in [6.07, 6.45) is 3.56. The van der Waals surface area contributed by atoms with E-state index in [4.69, 9.17) is 4.74 Å². The van der Waals surface area contributed by atoms with Crippen LogP contribution in [-0.4, -0.2) is 18.7 Å². The Morgan fingerprint density at radius 2 is 1.67 bits per heavy atom. The van der Waals surface area contributed by atoms with Crippen molar-refractivity contribution in [2.45, 2.75) is 32.1 Å². The number of hydrogen-bond acceptors (Lipinski definition) is 2. The molecule has 0 bridgehead atoms. The van der Waals surface area contributed by atoms with Crippen LogP contribution < -0.4 is 4.90 Å². The van der Waals surface area contributed by atoms with Gasteiger partial charge in [-0.25, -0.2) is 0 Å². The van der Waals surface area contributed by atoms with Crippen LogP contribution in [0.25, 0.3) is 0 Å². The molecule has 1 fully saturated rings. The molecule has 1 aliphatic rings. The number of anilines is 1. The first-order valence-corrected chi connectivity index (χ1v) is 7.65. The van der Waals surface area contributed by atoms with Crippen LogP contribution in [0.4, 0.5) is 5.69 Å². The molecule has 0 saturated carbocycles. The Kier molecular flexibility index (Phi) is 4.56. The normalized spacial score (nSPS) is 22.2. The number of nitrogens with zero attached hydrogens (tertiary/aromatic N) is 1. The highest BCUT2D eigenvalue weighted by Crippen LogP contribution is 2.26. The minimum absolute atomic E-state index is 0.180. The highest BCUT2D eigenvalue weighted by atomic mass is 16.5. The minimum Gasteiger partial charge on any atom is -0.371 e. The van der Waals surface area contributed by atoms with Crippen LogP contribution in [0.3, 0.4) is 0 Å². The van der Waals surface area contributed by atoms with Gasteiger partial charge in [0.2, 0.25) is 0 Å². The molecule has 1 radical (unpaired) electrons. The molecule has 0 aliphatic carbocycles. The SMILES string of the molecule is CC1C(OCc2ccccc2)[CH]CCN1c1ccccc1. The zero-order valence-corrected chi connectivity index (χ0v) is 12.5. The number of para-hydroxylation sites is 1. The molecular formula is C19H22NO. The molecule has 2 aromatic carbocycles. The minimum atomic E-state index is 0.180. The largest absolute Gasteiger partial charge is 0.371 e. The molecule has 2 unspecified atom stereocenters. The summed E-state index contributed by atoms with van der Waals surface area (Å²) in [5.74, 6) is 0. The van der Waals surface area contributed by atoms with E-state index in [9.17, 15) is 0 Å². The Bertz CT molecular complexity index is 540. The lowest BCUT2D eigenvalue weighted by molar-refractivity contribution is 0.0382. The molecule has 1 saturated heterocycles. The van der Waals surface area contributed by atoms with Crippen LogP contribution in [0, 0.1) is 6.42 Å². The van der Waals surface area contributed by atoms with Crippen LogP contribution >= 0.6 is 0 Å². The molecule has 21 heavy (non-hydrogen) atoms. The third-order valence-electron chi connectivity index (χ3n) is 4.11. The average molecular weight is 280 g/mol. The lowest BCUT2D eigenvalue weighted by Crippen LogP contribution is -2.48. The van der Waals surface area contributed by atoms with Gasteiger partial charge in [0, 0.05) is 12.2 Å². The van der Waals surface area contributed by atoms with E-state index in [0.29, 0.717) is 12.6 Å². The van der Waals surface area contributed by atoms with Crippen LogP contribution in [0.15, 0.2) is 60.7 Å². The maximum absolute atomic E-state index is 6.14. The van der Waals surface area contributed by atoms with E-state index in [-0.39, 0.29) is 6.10 Å². The highest BCUT2D eigenvalue weighted by Gasteiger charge is 2.28. The fraction of sp³-hybridized carbons (Fsp3) is 0.316. The molecule has 1 heterocycles. The molecule has 0 N–H and O–H groups in total. The van der Waals surface area contributed by atoms with Gasteiger partial charge in [0.05, 0.1) is 18.8 Å². The smallest absolute Gasteiger partial charge is 0.0812 e. The molecule has 2 atom stereocenters. The van der Waals surface area contributed by atoms with E-state index >= 15 is 0 Å². The quantitative estimate of drug-likeness (QED) is 0.837. The summed E-state index contributed by atoms with van der Waals surface area (Å²) in [7, 11) is 0. The molecule has 109 valence electrons. The first-order chi connectivity index (χ1) is 10.3. The van der Waals surface area contributed by atoms with Crippen molar-refractivity contribution < 1.29 is 4.74 Å². The molecular weight excluding hydrogens is 258 g/mol. The third kappa shape index (κ3) is 3.45. The van der Waals surface area contributed by atoms with Gasteiger partial charge in [0.1, 0.15) is 0 Å². The monoisotopic (exact) mass is 280 g/mol. The lowest BCUT2D eigenvalue weighted by Gasteiger charge is -2.40. The molecule has 3 rings (SSSR count). The Balaban J connectivity index is 1.64. The molecule has 2 aromatic rings. The van der Waals surface area contributed by atoms with Gasteiger partial charge in [-0.1, -0.05) is 48.5 Å². The summed E-state index contributed by atoms with van der Waals surface area (Å²) < 4.78 is 6.14. The Hall–Kier alpha value is -1.80. The molecule has 0 amide bonds. The summed E-state index contributed by atoms with van der Waals surface area (Å²) in [6.45, 7) is 3.99. The number of rotatable bonds is 4. The van der Waals surface area contributed by atoms with Crippen molar-refractivity contribution in [3.05, 3.63) is 72.6 Å². The van der Waals surface area contributed by atoms with E-state index < -0.39 is 0 Å². The summed E-state index contributed by atoms with van der Waals surface area (Å²) in [5, 5.41) is 0. The Labute approximate surface area is 127 Å². The van der Waals surface area contributed by atoms with Crippen LogP contribution in [0.1, 0.15) is 18.9 Å². The van der Waals surface area contributed by atoms with E-state index in [0.717, 1.165) is 13.0 Å². The predicted octanol–water partition coefficient (Wildman–Crippen LogP) is 4.07. The van der Waals surface area contributed by atoms with Gasteiger partial charge in [-0.15, -0.1) is 0 Å². The number of ether oxygens (including phenoxy) is 1. The van der Waals surface area contributed by atoms with E-state index in [1.807, 2.05) is 6.07 Å². The van der Waals surface area contributed by atoms with Gasteiger partial charge < -0.3 is 9.64 Å². The molecule has 2 heteroatoms. The number of piperidine rings is 1. The Morgan fingerprint density at radius 1 is 1.00 bits per heavy atom. The summed E-state index contributed by atoms with van der Waals surface area (Å²) >= 11 is 0. The molecule has 0 aromatic heterocycles. The van der Waals surface area contributed by atoms with E-state index in [2.05, 4.69) is 72.8 Å². The zero-order valence-electron chi connectivity index (χ0n) is 12.5. The van der Waals surface area contributed by atoms with Gasteiger partial charge in [0.15, 0.2) is 0 Å². The second-order valence-corrected chi connectivity index (χ2v) is 5.56. The summed E-state index contributed by atoms with van der Waals surface area (Å²) in [6, 6.07) is 21.4. The van der Waals surface area contributed by atoms with Crippen LogP contribution in [0.5, 0.6) is 0 Å². The maximum atomic E-state index is 6.14. The number of hydrogen-bond donors (Lipinski definition) is 0. The van der Waals surface area contributed by atoms with Crippen molar-refractivity contribution in [2.24, 2.45) is 0 Å². The van der Waals surface area contributed by atoms with Gasteiger partial charge >= 0.3 is 0 Å². The number of benzene rings is 2. The zero-order chi connectivity index (χ0) is 14.5. The van der Waals surface area contributed by atoms with Crippen molar-refractivity contribution in [1.29, 1.82) is 0 Å². The van der Waals surface area contributed by atoms with Crippen molar-refractivity contribution >= 4 is 5.69 Å². The standard InChI is InChI=1S/C19H22NO/c1-16-19(21-15-17-9-4-2-5-10-17)13-8-14-20(16)18-11-6-3-7-12-18/h2-7,9-13,16,19H,8,14-15H2,1H3. The van der Waals surface area contributed by atoms with Crippen LogP contribution in [-0.2, 0) is 11.3 Å². The van der Waals surface area contributed by atoms with Gasteiger partial charge in [-0.05, 0) is 37.5 Å². The summed E-state index contributed by atoms with van der Waals surface area (Å²) in [4.78, 5) is 2.44. The molecule has 0 spiro atoms. The third-order valence-corrected chi connectivity index (χ3v) is 4.11. The topological polar surface area (TPSA) is 12.5 Å². The van der Waals surface area contributed by atoms with Gasteiger partial charge in [-0.2, -0.15) is 0 Å². The average Bonchev–Trinajstić information content (AvgIpc) is 2.56. The van der Waals surface area contributed by atoms with E-state index in [1.165, 1.54) is 11.3 Å². The van der Waals surface area contributed by atoms with Crippen molar-refractivity contribution in [2.75, 3.05) is 11.4 Å². The highest BCUT2D eigenvalue weighted by molar-refractivity contribution is 5.48. The first kappa shape index (κ1) is 14.2. The first-order valence-electron chi connectivity index (χ1n) is 7.65. The summed E-state index contributed by atoms with van der Waals surface area (Å²) in [5.41, 5.74) is 2.52. The van der Waals surface area contributed by atoms with Crippen LogP contribution in [0.2, 0.25) is 0 Å². The fourth-order valence-electron chi connectivity index (χ4n) is 2.91. The maximum Gasteiger partial charge on any atom is 0.0812 e. The molecule has 2 nitrogen and oxygen atoms in total.